The lowest BCUT2D eigenvalue weighted by Crippen LogP contribution is -2.27. The third kappa shape index (κ3) is 2.46. The summed E-state index contributed by atoms with van der Waals surface area (Å²) in [6.07, 6.45) is 0.663. The number of hydrogen-bond acceptors (Lipinski definition) is 5. The summed E-state index contributed by atoms with van der Waals surface area (Å²) in [5, 5.41) is 16.5. The van der Waals surface area contributed by atoms with E-state index in [1.807, 2.05) is 0 Å². The Kier molecular flexibility index (Phi) is 3.48. The fraction of sp³-hybridized carbons (Fsp3) is 0.294. The summed E-state index contributed by atoms with van der Waals surface area (Å²) in [5.41, 5.74) is 2.48. The Morgan fingerprint density at radius 3 is 3.00 bits per heavy atom. The number of imidazole rings is 1. The predicted molar refractivity (Wildman–Crippen MR) is 93.4 cm³/mol. The molecule has 0 fully saturated rings. The smallest absolute Gasteiger partial charge is 0.411 e. The number of oxime groups is 1. The van der Waals surface area contributed by atoms with Crippen molar-refractivity contribution < 1.29 is 18.4 Å². The molecule has 1 atom stereocenters. The zero-order chi connectivity index (χ0) is 19.5. The van der Waals surface area contributed by atoms with E-state index in [0.717, 1.165) is 5.69 Å². The number of halogens is 3. The van der Waals surface area contributed by atoms with Crippen molar-refractivity contribution in [2.75, 3.05) is 0 Å². The highest BCUT2D eigenvalue weighted by Crippen LogP contribution is 2.38. The van der Waals surface area contributed by atoms with Crippen LogP contribution in [-0.2, 0) is 19.1 Å². The van der Waals surface area contributed by atoms with Crippen LogP contribution in [-0.4, -0.2) is 40.7 Å². The molecule has 0 aromatic carbocycles. The molecule has 4 aromatic heterocycles. The third-order valence-electron chi connectivity index (χ3n) is 5.04. The van der Waals surface area contributed by atoms with Crippen LogP contribution >= 0.6 is 0 Å². The number of fused-ring (bicyclic) bond motifs is 4. The largest absolute Gasteiger partial charge is 0.449 e. The molecule has 11 heteroatoms. The van der Waals surface area contributed by atoms with Gasteiger partial charge in [0, 0.05) is 17.3 Å². The Balaban J connectivity index is 1.70. The first-order chi connectivity index (χ1) is 13.5. The zero-order valence-electron chi connectivity index (χ0n) is 14.3. The molecule has 0 saturated heterocycles. The number of pyridine rings is 1. The van der Waals surface area contributed by atoms with Crippen molar-refractivity contribution in [3.05, 3.63) is 41.7 Å². The lowest BCUT2D eigenvalue weighted by atomic mass is 10.0. The molecule has 28 heavy (non-hydrogen) atoms. The van der Waals surface area contributed by atoms with Crippen molar-refractivity contribution in [3.8, 4) is 0 Å². The predicted octanol–water partition coefficient (Wildman–Crippen LogP) is 3.12. The van der Waals surface area contributed by atoms with Crippen LogP contribution in [0.3, 0.4) is 0 Å². The van der Waals surface area contributed by atoms with Crippen molar-refractivity contribution >= 4 is 28.3 Å². The van der Waals surface area contributed by atoms with Gasteiger partial charge in [-0.1, -0.05) is 5.16 Å². The van der Waals surface area contributed by atoms with Crippen molar-refractivity contribution in [1.29, 1.82) is 0 Å². The van der Waals surface area contributed by atoms with Crippen LogP contribution in [0.25, 0.3) is 22.1 Å². The lowest BCUT2D eigenvalue weighted by molar-refractivity contribution is -0.147. The van der Waals surface area contributed by atoms with Gasteiger partial charge in [0.2, 0.25) is 5.82 Å². The van der Waals surface area contributed by atoms with E-state index in [0.29, 0.717) is 35.1 Å². The third-order valence-corrected chi connectivity index (χ3v) is 5.04. The molecule has 5 heterocycles. The number of aromatic amines is 1. The number of nitrogens with one attached hydrogen (secondary N) is 1. The van der Waals surface area contributed by atoms with E-state index in [9.17, 15) is 13.2 Å². The number of aromatic nitrogens is 6. The second kappa shape index (κ2) is 5.81. The van der Waals surface area contributed by atoms with Gasteiger partial charge < -0.3 is 14.8 Å². The Morgan fingerprint density at radius 1 is 1.36 bits per heavy atom. The fourth-order valence-electron chi connectivity index (χ4n) is 3.92. The molecule has 1 aliphatic heterocycles. The van der Waals surface area contributed by atoms with Crippen LogP contribution in [0.15, 0.2) is 29.7 Å². The molecule has 1 unspecified atom stereocenters. The summed E-state index contributed by atoms with van der Waals surface area (Å²) in [5.74, 6) is -0.934. The average Bonchev–Trinajstić information content (AvgIpc) is 3.35. The van der Waals surface area contributed by atoms with E-state index >= 15 is 0 Å². The number of aryl methyl sites for hydroxylation is 1. The quantitative estimate of drug-likeness (QED) is 0.313. The lowest BCUT2D eigenvalue weighted by Gasteiger charge is -2.27. The molecule has 2 N–H and O–H groups in total. The summed E-state index contributed by atoms with van der Waals surface area (Å²) in [7, 11) is 0. The van der Waals surface area contributed by atoms with Gasteiger partial charge in [0.15, 0.2) is 0 Å². The van der Waals surface area contributed by atoms with E-state index < -0.39 is 18.0 Å². The number of H-pyrrole nitrogens is 1. The molecule has 0 saturated carbocycles. The van der Waals surface area contributed by atoms with Gasteiger partial charge in [0.05, 0.1) is 30.5 Å². The maximum atomic E-state index is 13.8. The Bertz CT molecular complexity index is 1220. The molecule has 8 nitrogen and oxygen atoms in total. The van der Waals surface area contributed by atoms with Crippen LogP contribution in [0.1, 0.15) is 29.7 Å². The molecule has 5 rings (SSSR count). The van der Waals surface area contributed by atoms with Gasteiger partial charge in [0.25, 0.3) is 0 Å². The summed E-state index contributed by atoms with van der Waals surface area (Å²) >= 11 is 0. The molecule has 144 valence electrons. The van der Waals surface area contributed by atoms with Crippen molar-refractivity contribution in [1.82, 2.24) is 29.3 Å². The van der Waals surface area contributed by atoms with E-state index in [1.54, 1.807) is 23.0 Å². The average molecular weight is 389 g/mol. The highest BCUT2D eigenvalue weighted by molar-refractivity contribution is 6.01. The molecule has 1 aliphatic rings. The van der Waals surface area contributed by atoms with Gasteiger partial charge in [-0.2, -0.15) is 18.3 Å². The van der Waals surface area contributed by atoms with Crippen molar-refractivity contribution in [2.24, 2.45) is 5.16 Å². The van der Waals surface area contributed by atoms with Gasteiger partial charge in [-0.05, 0) is 25.0 Å². The number of hydrogen-bond donors (Lipinski definition) is 2. The first-order valence-electron chi connectivity index (χ1n) is 8.61. The van der Waals surface area contributed by atoms with E-state index in [1.165, 1.54) is 17.0 Å². The van der Waals surface area contributed by atoms with E-state index in [4.69, 9.17) is 5.21 Å². The van der Waals surface area contributed by atoms with Gasteiger partial charge >= 0.3 is 6.18 Å². The van der Waals surface area contributed by atoms with Crippen LogP contribution in [0.5, 0.6) is 0 Å². The van der Waals surface area contributed by atoms with Crippen LogP contribution in [0.4, 0.5) is 13.2 Å². The van der Waals surface area contributed by atoms with Gasteiger partial charge in [-0.15, -0.1) is 0 Å². The number of nitrogens with zero attached hydrogens (tertiary/aromatic N) is 6. The molecule has 0 spiro atoms. The van der Waals surface area contributed by atoms with Gasteiger partial charge in [-0.25, -0.2) is 9.97 Å². The summed E-state index contributed by atoms with van der Waals surface area (Å²) in [6.45, 7) is 0.261. The topological polar surface area (TPSA) is 96.9 Å². The Hall–Kier alpha value is -3.37. The van der Waals surface area contributed by atoms with Gasteiger partial charge in [-0.3, -0.25) is 4.68 Å². The normalized spacial score (nSPS) is 17.8. The molecule has 4 aromatic rings. The zero-order valence-corrected chi connectivity index (χ0v) is 14.3. The minimum atomic E-state index is -4.60. The Morgan fingerprint density at radius 2 is 2.21 bits per heavy atom. The minimum Gasteiger partial charge on any atom is -0.411 e. The SMILES string of the molecule is O/N=C/c1cc2n(n1)CC(n1c(C(F)(F)F)nc3cnc4[nH]ccc4c31)CC2. The molecular weight excluding hydrogens is 375 g/mol. The molecule has 0 amide bonds. The second-order valence-corrected chi connectivity index (χ2v) is 6.71. The molecule has 0 aliphatic carbocycles. The molecule has 0 bridgehead atoms. The summed E-state index contributed by atoms with van der Waals surface area (Å²) in [4.78, 5) is 10.9. The molecular formula is C17H14F3N7O. The highest BCUT2D eigenvalue weighted by Gasteiger charge is 2.40. The number of rotatable bonds is 2. The van der Waals surface area contributed by atoms with Crippen LogP contribution in [0, 0.1) is 0 Å². The van der Waals surface area contributed by atoms with Crippen molar-refractivity contribution in [2.45, 2.75) is 31.6 Å². The second-order valence-electron chi connectivity index (χ2n) is 6.71. The van der Waals surface area contributed by atoms with Crippen LogP contribution < -0.4 is 0 Å². The summed E-state index contributed by atoms with van der Waals surface area (Å²) < 4.78 is 44.3. The summed E-state index contributed by atoms with van der Waals surface area (Å²) in [6, 6.07) is 3.00. The van der Waals surface area contributed by atoms with E-state index in [-0.39, 0.29) is 12.1 Å². The minimum absolute atomic E-state index is 0.207. The fourth-order valence-corrected chi connectivity index (χ4v) is 3.92. The Labute approximate surface area is 155 Å². The standard InChI is InChI=1S/C17H14F3N7O/c18-17(19,20)16-24-13-7-22-15-12(3-4-21-15)14(13)27(16)11-2-1-10-5-9(6-23-28)25-26(10)8-11/h3-7,11,28H,1-2,8H2,(H,21,22)/b23-6+. The van der Waals surface area contributed by atoms with E-state index in [2.05, 4.69) is 25.2 Å². The highest BCUT2D eigenvalue weighted by atomic mass is 19.4. The molecule has 0 radical (unpaired) electrons. The van der Waals surface area contributed by atoms with Gasteiger partial charge in [0.1, 0.15) is 16.9 Å². The first kappa shape index (κ1) is 16.8. The maximum absolute atomic E-state index is 13.8. The monoisotopic (exact) mass is 389 g/mol. The van der Waals surface area contributed by atoms with Crippen LogP contribution in [0.2, 0.25) is 0 Å². The number of alkyl halides is 3. The first-order valence-corrected chi connectivity index (χ1v) is 8.61. The maximum Gasteiger partial charge on any atom is 0.449 e. The van der Waals surface area contributed by atoms with Crippen molar-refractivity contribution in [3.63, 3.8) is 0 Å².